The molecule has 0 fully saturated rings. The van der Waals surface area contributed by atoms with Crippen molar-refractivity contribution in [1.29, 1.82) is 0 Å². The Bertz CT molecular complexity index is 25.1. The zero-order chi connectivity index (χ0) is 4.50. The highest BCUT2D eigenvalue weighted by molar-refractivity contribution is 14.2. The van der Waals surface area contributed by atoms with Crippen molar-refractivity contribution < 1.29 is 4.39 Å². The summed E-state index contributed by atoms with van der Waals surface area (Å²) in [6.07, 6.45) is 0. The fraction of sp³-hybridized carbons (Fsp3) is 1.00. The molecule has 32 valence electrons. The lowest BCUT2D eigenvalue weighted by Crippen LogP contribution is -1.80. The van der Waals surface area contributed by atoms with Crippen molar-refractivity contribution in [1.82, 2.24) is 0 Å². The molecule has 0 heterocycles. The van der Waals surface area contributed by atoms with E-state index < -0.39 is 1.14 Å². The maximum atomic E-state index is 11.4. The van der Waals surface area contributed by atoms with Gasteiger partial charge in [0.15, 0.2) is 0 Å². The van der Waals surface area contributed by atoms with Gasteiger partial charge in [-0.25, -0.2) is 4.39 Å². The van der Waals surface area contributed by atoms with Crippen LogP contribution in [-0.4, -0.2) is 1.14 Å². The molecule has 0 atom stereocenters. The van der Waals surface area contributed by atoms with Gasteiger partial charge in [0.25, 0.3) is 1.14 Å². The number of hydrogen-bond acceptors (Lipinski definition) is 0. The summed E-state index contributed by atoms with van der Waals surface area (Å²) in [6.45, 7) is 0. The Morgan fingerprint density at radius 1 is 1.60 bits per heavy atom. The van der Waals surface area contributed by atoms with E-state index in [1.807, 2.05) is 0 Å². The first-order chi connectivity index (χ1) is 2.00. The van der Waals surface area contributed by atoms with E-state index in [2.05, 4.69) is 0 Å². The topological polar surface area (TPSA) is 0 Å². The molecular formula is CClFI2. The fourth-order valence-corrected chi connectivity index (χ4v) is 0. The molecule has 0 nitrogen and oxygen atoms in total. The predicted octanol–water partition coefficient (Wildman–Crippen LogP) is 2.68. The standard InChI is InChI=1S/CClFI2/c2-1(3,4)5. The largest absolute Gasteiger partial charge is 0.282 e. The van der Waals surface area contributed by atoms with Crippen LogP contribution in [0.2, 0.25) is 0 Å². The smallest absolute Gasteiger partial charge is 0.203 e. The summed E-state index contributed by atoms with van der Waals surface area (Å²) in [5.41, 5.74) is 0. The van der Waals surface area contributed by atoms with Crippen molar-refractivity contribution in [2.24, 2.45) is 0 Å². The average molecular weight is 320 g/mol. The van der Waals surface area contributed by atoms with Gasteiger partial charge in [0.1, 0.15) is 0 Å². The van der Waals surface area contributed by atoms with Gasteiger partial charge in [0.05, 0.1) is 0 Å². The van der Waals surface area contributed by atoms with Gasteiger partial charge in [-0.15, -0.1) is 0 Å². The zero-order valence-electron chi connectivity index (χ0n) is 2.01. The molecule has 0 saturated carbocycles. The van der Waals surface area contributed by atoms with Gasteiger partial charge in [-0.1, -0.05) is 11.6 Å². The molecule has 0 aromatic rings. The predicted molar refractivity (Wildman–Crippen MR) is 37.7 cm³/mol. The quantitative estimate of drug-likeness (QED) is 0.475. The summed E-state index contributed by atoms with van der Waals surface area (Å²) in [5.74, 6) is 0. The van der Waals surface area contributed by atoms with Crippen LogP contribution in [0.25, 0.3) is 0 Å². The second-order valence-electron chi connectivity index (χ2n) is 0.429. The van der Waals surface area contributed by atoms with Gasteiger partial charge in [0, 0.05) is 0 Å². The van der Waals surface area contributed by atoms with Crippen molar-refractivity contribution in [3.8, 4) is 0 Å². The molecule has 0 rings (SSSR count). The van der Waals surface area contributed by atoms with E-state index in [0.29, 0.717) is 0 Å². The van der Waals surface area contributed by atoms with Crippen LogP contribution < -0.4 is 0 Å². The minimum atomic E-state index is -1.59. The number of hydrogen-bond donors (Lipinski definition) is 0. The van der Waals surface area contributed by atoms with Crippen LogP contribution in [0.3, 0.4) is 0 Å². The van der Waals surface area contributed by atoms with Crippen LogP contribution >= 0.6 is 56.8 Å². The second kappa shape index (κ2) is 2.11. The Kier molecular flexibility index (Phi) is 2.82. The second-order valence-corrected chi connectivity index (χ2v) is 7.26. The van der Waals surface area contributed by atoms with Crippen LogP contribution in [0.1, 0.15) is 0 Å². The van der Waals surface area contributed by atoms with Crippen molar-refractivity contribution in [2.45, 2.75) is 1.14 Å². The van der Waals surface area contributed by atoms with Crippen molar-refractivity contribution in [3.63, 3.8) is 0 Å². The maximum absolute atomic E-state index is 11.4. The van der Waals surface area contributed by atoms with Crippen molar-refractivity contribution in [3.05, 3.63) is 0 Å². The SMILES string of the molecule is FC(Cl)(I)I. The van der Waals surface area contributed by atoms with Crippen LogP contribution in [0.4, 0.5) is 4.39 Å². The molecule has 0 aromatic carbocycles. The molecule has 4 heteroatoms. The monoisotopic (exact) mass is 320 g/mol. The van der Waals surface area contributed by atoms with E-state index in [1.165, 1.54) is 45.2 Å². The summed E-state index contributed by atoms with van der Waals surface area (Å²) >= 11 is 7.76. The molecule has 0 spiro atoms. The van der Waals surface area contributed by atoms with E-state index in [-0.39, 0.29) is 0 Å². The Morgan fingerprint density at radius 2 is 1.60 bits per heavy atom. The van der Waals surface area contributed by atoms with Gasteiger partial charge >= 0.3 is 0 Å². The molecule has 0 saturated heterocycles. The third-order valence-electron chi connectivity index (χ3n) is 0. The Hall–Kier alpha value is 1.68. The number of alkyl halides is 4. The zero-order valence-corrected chi connectivity index (χ0v) is 7.08. The maximum Gasteiger partial charge on any atom is 0.282 e. The lowest BCUT2D eigenvalue weighted by molar-refractivity contribution is 0.562. The highest BCUT2D eigenvalue weighted by atomic mass is 127. The first kappa shape index (κ1) is 6.68. The molecule has 0 amide bonds. The molecule has 0 aliphatic heterocycles. The molecule has 0 unspecified atom stereocenters. The molecule has 0 aliphatic rings. The summed E-state index contributed by atoms with van der Waals surface area (Å²) in [6, 6.07) is 0. The fourth-order valence-electron chi connectivity index (χ4n) is 0. The minimum Gasteiger partial charge on any atom is -0.203 e. The van der Waals surface area contributed by atoms with Crippen LogP contribution in [0, 0.1) is 0 Å². The molecule has 5 heavy (non-hydrogen) atoms. The van der Waals surface area contributed by atoms with E-state index in [0.717, 1.165) is 0 Å². The van der Waals surface area contributed by atoms with Crippen molar-refractivity contribution >= 4 is 56.8 Å². The summed E-state index contributed by atoms with van der Waals surface area (Å²) in [7, 11) is 0. The molecule has 0 aromatic heterocycles. The summed E-state index contributed by atoms with van der Waals surface area (Å²) in [5, 5.41) is 0. The van der Waals surface area contributed by atoms with Crippen LogP contribution in [0.15, 0.2) is 0 Å². The molecule has 0 N–H and O–H groups in total. The average Bonchev–Trinajstić information content (AvgIpc) is 0.722. The summed E-state index contributed by atoms with van der Waals surface area (Å²) < 4.78 is 9.84. The molecule has 0 radical (unpaired) electrons. The highest BCUT2D eigenvalue weighted by Gasteiger charge is 2.12. The van der Waals surface area contributed by atoms with Crippen LogP contribution in [0.5, 0.6) is 0 Å². The molecular weight excluding hydrogens is 320 g/mol. The van der Waals surface area contributed by atoms with Gasteiger partial charge in [-0.2, -0.15) is 0 Å². The van der Waals surface area contributed by atoms with Crippen LogP contribution in [-0.2, 0) is 0 Å². The van der Waals surface area contributed by atoms with E-state index in [1.54, 1.807) is 0 Å². The lowest BCUT2D eigenvalue weighted by atomic mass is 11.8. The Labute approximate surface area is 61.7 Å². The normalized spacial score (nSPS) is 12.0. The van der Waals surface area contributed by atoms with Gasteiger partial charge < -0.3 is 0 Å². The highest BCUT2D eigenvalue weighted by Crippen LogP contribution is 2.33. The van der Waals surface area contributed by atoms with E-state index in [4.69, 9.17) is 11.6 Å². The van der Waals surface area contributed by atoms with E-state index in [9.17, 15) is 4.39 Å². The Balaban J connectivity index is 3.02. The Morgan fingerprint density at radius 3 is 1.60 bits per heavy atom. The number of rotatable bonds is 0. The lowest BCUT2D eigenvalue weighted by Gasteiger charge is -1.90. The first-order valence-electron chi connectivity index (χ1n) is 0.756. The third kappa shape index (κ3) is 27.3. The number of halogens is 4. The first-order valence-corrected chi connectivity index (χ1v) is 3.29. The molecule has 0 bridgehead atoms. The minimum absolute atomic E-state index is 1.46. The van der Waals surface area contributed by atoms with Gasteiger partial charge in [-0.05, 0) is 45.2 Å². The van der Waals surface area contributed by atoms with Crippen molar-refractivity contribution in [2.75, 3.05) is 0 Å². The van der Waals surface area contributed by atoms with E-state index >= 15 is 0 Å². The molecule has 0 aliphatic carbocycles. The van der Waals surface area contributed by atoms with Gasteiger partial charge in [-0.3, -0.25) is 0 Å². The summed E-state index contributed by atoms with van der Waals surface area (Å²) in [4.78, 5) is 0. The van der Waals surface area contributed by atoms with Gasteiger partial charge in [0.2, 0.25) is 0 Å². The third-order valence-corrected chi connectivity index (χ3v) is 0.